The number of benzene rings is 4. The van der Waals surface area contributed by atoms with Gasteiger partial charge in [0.25, 0.3) is 0 Å². The number of aromatic nitrogens is 6. The zero-order valence-electron chi connectivity index (χ0n) is 26.2. The molecule has 0 aliphatic carbocycles. The summed E-state index contributed by atoms with van der Waals surface area (Å²) in [6, 6.07) is 33.2. The van der Waals surface area contributed by atoms with Crippen molar-refractivity contribution in [2.45, 2.75) is 46.3 Å². The van der Waals surface area contributed by atoms with Crippen LogP contribution in [-0.2, 0) is 40.2 Å². The van der Waals surface area contributed by atoms with Gasteiger partial charge in [0.1, 0.15) is 17.5 Å². The first-order chi connectivity index (χ1) is 21.6. The number of hydrogen-bond donors (Lipinski definition) is 2. The van der Waals surface area contributed by atoms with Crippen LogP contribution in [0.25, 0.3) is 34.2 Å². The van der Waals surface area contributed by atoms with Crippen LogP contribution in [0.1, 0.15) is 31.9 Å². The monoisotopic (exact) mass is 995 g/mol. The SMILES string of the molecule is CC(O)CC(C)O.Cc1nnc(-c2[c-]cc(F)cc2)n1-c1ccccc1.Cc1nnc(-c2ccc(F)cc2)n1-c1ccccc1.[Ir].[Ir]. The van der Waals surface area contributed by atoms with Crippen LogP contribution in [0.5, 0.6) is 0 Å². The van der Waals surface area contributed by atoms with E-state index < -0.39 is 0 Å². The third-order valence-corrected chi connectivity index (χ3v) is 6.48. The first kappa shape index (κ1) is 39.4. The predicted octanol–water partition coefficient (Wildman–Crippen LogP) is 6.70. The number of rotatable bonds is 6. The number of para-hydroxylation sites is 2. The number of hydrogen-bond acceptors (Lipinski definition) is 6. The third-order valence-electron chi connectivity index (χ3n) is 6.48. The minimum Gasteiger partial charge on any atom is -0.393 e. The molecule has 47 heavy (non-hydrogen) atoms. The Morgan fingerprint density at radius 2 is 1.06 bits per heavy atom. The average Bonchev–Trinajstić information content (AvgIpc) is 3.61. The van der Waals surface area contributed by atoms with Gasteiger partial charge in [-0.2, -0.15) is 5.10 Å². The summed E-state index contributed by atoms with van der Waals surface area (Å²) in [4.78, 5) is 0. The molecule has 2 radical (unpaired) electrons. The van der Waals surface area contributed by atoms with E-state index in [9.17, 15) is 8.78 Å². The van der Waals surface area contributed by atoms with Crippen LogP contribution >= 0.6 is 0 Å². The summed E-state index contributed by atoms with van der Waals surface area (Å²) in [6.07, 6.45) is -0.278. The van der Waals surface area contributed by atoms with Crippen molar-refractivity contribution in [2.24, 2.45) is 0 Å². The second-order valence-electron chi connectivity index (χ2n) is 10.3. The standard InChI is InChI=1S/C15H12FN3.C15H11FN3.C5H12O2.2Ir/c2*1-11-17-18-15(12-7-9-13(16)10-8-12)19(11)14-5-3-2-4-6-14;1-4(6)3-5(2)7;;/h2-10H,1H3;2-7,9-10H,1H3;4-7H,3H2,1-2H3;;/q;-1;;;. The van der Waals surface area contributed by atoms with Gasteiger partial charge in [0, 0.05) is 63.0 Å². The molecule has 0 aliphatic rings. The molecule has 0 bridgehead atoms. The normalized spacial score (nSPS) is 11.4. The molecule has 0 aliphatic heterocycles. The molecule has 6 rings (SSSR count). The molecule has 0 saturated heterocycles. The number of aliphatic hydroxyl groups excluding tert-OH is 2. The second-order valence-corrected chi connectivity index (χ2v) is 10.3. The van der Waals surface area contributed by atoms with Crippen molar-refractivity contribution < 1.29 is 59.2 Å². The van der Waals surface area contributed by atoms with Crippen molar-refractivity contribution in [1.29, 1.82) is 0 Å². The summed E-state index contributed by atoms with van der Waals surface area (Å²) < 4.78 is 29.8. The topological polar surface area (TPSA) is 102 Å². The number of aliphatic hydroxyl groups is 2. The van der Waals surface area contributed by atoms with Gasteiger partial charge in [-0.05, 0) is 82.6 Å². The van der Waals surface area contributed by atoms with Crippen molar-refractivity contribution >= 4 is 0 Å². The van der Waals surface area contributed by atoms with Crippen LogP contribution in [0.3, 0.4) is 0 Å². The molecule has 2 heterocycles. The zero-order chi connectivity index (χ0) is 32.3. The smallest absolute Gasteiger partial charge is 0.168 e. The molecule has 2 unspecified atom stereocenters. The maximum absolute atomic E-state index is 13.0. The maximum atomic E-state index is 13.0. The first-order valence-corrected chi connectivity index (χ1v) is 14.4. The summed E-state index contributed by atoms with van der Waals surface area (Å²) in [6.45, 7) is 7.10. The molecule has 0 fully saturated rings. The number of aryl methyl sites for hydroxylation is 2. The largest absolute Gasteiger partial charge is 0.393 e. The molecule has 2 aromatic heterocycles. The van der Waals surface area contributed by atoms with Crippen LogP contribution in [-0.4, -0.2) is 51.9 Å². The van der Waals surface area contributed by atoms with Gasteiger partial charge in [-0.3, -0.25) is 8.96 Å². The van der Waals surface area contributed by atoms with Crippen LogP contribution in [0.2, 0.25) is 0 Å². The van der Waals surface area contributed by atoms with Gasteiger partial charge in [-0.15, -0.1) is 45.1 Å². The molecule has 2 N–H and O–H groups in total. The molecule has 0 amide bonds. The zero-order valence-corrected chi connectivity index (χ0v) is 31.0. The Kier molecular flexibility index (Phi) is 16.1. The first-order valence-electron chi connectivity index (χ1n) is 14.4. The average molecular weight is 994 g/mol. The molecule has 4 aromatic carbocycles. The van der Waals surface area contributed by atoms with E-state index in [2.05, 4.69) is 26.5 Å². The van der Waals surface area contributed by atoms with E-state index in [-0.39, 0.29) is 64.1 Å². The van der Waals surface area contributed by atoms with E-state index in [1.165, 1.54) is 24.3 Å². The minimum absolute atomic E-state index is 0. The molecule has 8 nitrogen and oxygen atoms in total. The fourth-order valence-corrected chi connectivity index (χ4v) is 4.50. The molecule has 250 valence electrons. The molecular weight excluding hydrogens is 959 g/mol. The molecular formula is C35H35F2Ir2N6O2-. The molecule has 0 spiro atoms. The molecule has 6 aromatic rings. The van der Waals surface area contributed by atoms with Gasteiger partial charge in [0.05, 0.1) is 18.0 Å². The van der Waals surface area contributed by atoms with E-state index >= 15 is 0 Å². The Bertz CT molecular complexity index is 1630. The fraction of sp³-hybridized carbons (Fsp3) is 0.200. The Labute approximate surface area is 300 Å². The molecule has 0 saturated carbocycles. The summed E-state index contributed by atoms with van der Waals surface area (Å²) in [5, 5.41) is 33.7. The predicted molar refractivity (Wildman–Crippen MR) is 170 cm³/mol. The molecule has 12 heteroatoms. The Balaban J connectivity index is 0.000000264. The van der Waals surface area contributed by atoms with Gasteiger partial charge < -0.3 is 14.8 Å². The van der Waals surface area contributed by atoms with Crippen molar-refractivity contribution in [3.63, 3.8) is 0 Å². The summed E-state index contributed by atoms with van der Waals surface area (Å²) >= 11 is 0. The fourth-order valence-electron chi connectivity index (χ4n) is 4.50. The number of halogens is 2. The van der Waals surface area contributed by atoms with Gasteiger partial charge in [0.15, 0.2) is 5.82 Å². The van der Waals surface area contributed by atoms with E-state index in [1.807, 2.05) is 83.6 Å². The Morgan fingerprint density at radius 1 is 0.617 bits per heavy atom. The van der Waals surface area contributed by atoms with Gasteiger partial charge in [0.2, 0.25) is 0 Å². The number of nitrogens with zero attached hydrogens (tertiary/aromatic N) is 6. The Morgan fingerprint density at radius 3 is 1.49 bits per heavy atom. The quantitative estimate of drug-likeness (QED) is 0.181. The van der Waals surface area contributed by atoms with Gasteiger partial charge >= 0.3 is 0 Å². The summed E-state index contributed by atoms with van der Waals surface area (Å²) in [5.41, 5.74) is 3.51. The summed E-state index contributed by atoms with van der Waals surface area (Å²) in [5.74, 6) is 2.37. The van der Waals surface area contributed by atoms with Crippen molar-refractivity contribution in [2.75, 3.05) is 0 Å². The second kappa shape index (κ2) is 19.2. The Hall–Kier alpha value is -3.76. The van der Waals surface area contributed by atoms with Crippen molar-refractivity contribution in [3.8, 4) is 34.2 Å². The van der Waals surface area contributed by atoms with E-state index in [4.69, 9.17) is 10.2 Å². The van der Waals surface area contributed by atoms with Crippen molar-refractivity contribution in [1.82, 2.24) is 29.5 Å². The van der Waals surface area contributed by atoms with E-state index in [1.54, 1.807) is 32.0 Å². The van der Waals surface area contributed by atoms with Crippen LogP contribution in [0.4, 0.5) is 8.78 Å². The van der Waals surface area contributed by atoms with Gasteiger partial charge in [-0.1, -0.05) is 36.4 Å². The van der Waals surface area contributed by atoms with Gasteiger partial charge in [-0.25, -0.2) is 4.39 Å². The third kappa shape index (κ3) is 11.2. The van der Waals surface area contributed by atoms with Crippen molar-refractivity contribution in [3.05, 3.63) is 132 Å². The van der Waals surface area contributed by atoms with Crippen LogP contribution in [0.15, 0.2) is 103 Å². The summed E-state index contributed by atoms with van der Waals surface area (Å²) in [7, 11) is 0. The maximum Gasteiger partial charge on any atom is 0.168 e. The minimum atomic E-state index is -0.375. The van der Waals surface area contributed by atoms with E-state index in [0.717, 1.165) is 28.6 Å². The molecule has 2 atom stereocenters. The van der Waals surface area contributed by atoms with Crippen LogP contribution < -0.4 is 0 Å². The van der Waals surface area contributed by atoms with Crippen LogP contribution in [0, 0.1) is 31.5 Å². The van der Waals surface area contributed by atoms with E-state index in [0.29, 0.717) is 23.6 Å².